The molecule has 1 N–H and O–H groups in total. The van der Waals surface area contributed by atoms with E-state index in [1.807, 2.05) is 36.1 Å². The van der Waals surface area contributed by atoms with Crippen LogP contribution in [0.15, 0.2) is 24.5 Å². The van der Waals surface area contributed by atoms with Gasteiger partial charge in [-0.2, -0.15) is 0 Å². The van der Waals surface area contributed by atoms with Crippen molar-refractivity contribution in [2.75, 3.05) is 0 Å². The van der Waals surface area contributed by atoms with Gasteiger partial charge in [0.25, 0.3) is 0 Å². The van der Waals surface area contributed by atoms with Crippen LogP contribution in [0.2, 0.25) is 0 Å². The third-order valence-electron chi connectivity index (χ3n) is 2.91. The smallest absolute Gasteiger partial charge is 0.174 e. The van der Waals surface area contributed by atoms with Gasteiger partial charge in [0.2, 0.25) is 0 Å². The highest BCUT2D eigenvalue weighted by atomic mass is 127. The Morgan fingerprint density at radius 2 is 2.00 bits per heavy atom. The largest absolute Gasteiger partial charge is 1.00 e. The van der Waals surface area contributed by atoms with Crippen molar-refractivity contribution in [2.45, 2.75) is 31.3 Å². The normalized spacial score (nSPS) is 19.0. The van der Waals surface area contributed by atoms with Crippen LogP contribution < -0.4 is 28.5 Å². The Balaban J connectivity index is 0.000000980. The molecule has 0 aromatic carbocycles. The highest BCUT2D eigenvalue weighted by Crippen LogP contribution is 2.37. The molecule has 1 aromatic rings. The number of pyridine rings is 1. The number of aromatic nitrogens is 1. The van der Waals surface area contributed by atoms with E-state index in [0.717, 1.165) is 31.2 Å². The van der Waals surface area contributed by atoms with E-state index in [4.69, 9.17) is 0 Å². The van der Waals surface area contributed by atoms with Crippen LogP contribution in [0.3, 0.4) is 0 Å². The molecule has 0 atom stereocenters. The van der Waals surface area contributed by atoms with Crippen LogP contribution in [0, 0.1) is 0 Å². The average molecular weight is 305 g/mol. The molecule has 1 fully saturated rings. The van der Waals surface area contributed by atoms with Crippen LogP contribution in [-0.2, 0) is 12.6 Å². The van der Waals surface area contributed by atoms with Crippen molar-refractivity contribution in [2.24, 2.45) is 7.05 Å². The number of halogens is 1. The second-order valence-corrected chi connectivity index (χ2v) is 4.00. The molecule has 3 heteroatoms. The molecule has 0 bridgehead atoms. The van der Waals surface area contributed by atoms with Crippen LogP contribution in [0.25, 0.3) is 0 Å². The zero-order valence-electron chi connectivity index (χ0n) is 8.41. The monoisotopic (exact) mass is 305 g/mol. The van der Waals surface area contributed by atoms with E-state index < -0.39 is 5.60 Å². The summed E-state index contributed by atoms with van der Waals surface area (Å²) in [7, 11) is 1.99. The van der Waals surface area contributed by atoms with Crippen LogP contribution in [0.1, 0.15) is 31.2 Å². The Bertz CT molecular complexity index is 308. The van der Waals surface area contributed by atoms with Gasteiger partial charge in [0.05, 0.1) is 5.60 Å². The molecule has 0 aliphatic heterocycles. The molecule has 0 radical (unpaired) electrons. The lowest BCUT2D eigenvalue weighted by Gasteiger charge is -2.20. The van der Waals surface area contributed by atoms with E-state index in [9.17, 15) is 5.11 Å². The zero-order chi connectivity index (χ0) is 9.31. The van der Waals surface area contributed by atoms with Gasteiger partial charge in [-0.25, -0.2) is 4.57 Å². The maximum atomic E-state index is 10.3. The van der Waals surface area contributed by atoms with Gasteiger partial charge in [-0.15, -0.1) is 0 Å². The van der Waals surface area contributed by atoms with Crippen LogP contribution >= 0.6 is 0 Å². The summed E-state index contributed by atoms with van der Waals surface area (Å²) in [6, 6.07) is 4.01. The average Bonchev–Trinajstić information content (AvgIpc) is 2.54. The minimum Gasteiger partial charge on any atom is -1.00 e. The van der Waals surface area contributed by atoms with E-state index in [1.54, 1.807) is 0 Å². The highest BCUT2D eigenvalue weighted by Gasteiger charge is 2.34. The zero-order valence-corrected chi connectivity index (χ0v) is 10.6. The fraction of sp³-hybridized carbons (Fsp3) is 0.545. The van der Waals surface area contributed by atoms with Crippen molar-refractivity contribution in [3.63, 3.8) is 0 Å². The van der Waals surface area contributed by atoms with Gasteiger partial charge in [-0.05, 0) is 18.9 Å². The predicted octanol–water partition coefficient (Wildman–Crippen LogP) is -1.72. The number of rotatable bonds is 1. The topological polar surface area (TPSA) is 24.1 Å². The number of aryl methyl sites for hydroxylation is 1. The molecule has 14 heavy (non-hydrogen) atoms. The minimum atomic E-state index is -0.543. The Labute approximate surface area is 102 Å². The molecule has 1 aromatic heterocycles. The summed E-state index contributed by atoms with van der Waals surface area (Å²) in [5, 5.41) is 10.3. The third-order valence-corrected chi connectivity index (χ3v) is 2.91. The first-order chi connectivity index (χ1) is 6.21. The first kappa shape index (κ1) is 11.9. The van der Waals surface area contributed by atoms with Gasteiger partial charge in [0.1, 0.15) is 7.05 Å². The first-order valence-corrected chi connectivity index (χ1v) is 4.89. The lowest BCUT2D eigenvalue weighted by atomic mass is 9.94. The summed E-state index contributed by atoms with van der Waals surface area (Å²) in [4.78, 5) is 0. The Kier molecular flexibility index (Phi) is 3.89. The molecule has 0 saturated heterocycles. The Morgan fingerprint density at radius 3 is 2.57 bits per heavy atom. The maximum absolute atomic E-state index is 10.3. The van der Waals surface area contributed by atoms with E-state index >= 15 is 0 Å². The molecule has 78 valence electrons. The SMILES string of the molecule is C[n+]1cccc(C2(O)CCCC2)c1.[I-]. The van der Waals surface area contributed by atoms with Crippen molar-refractivity contribution in [3.8, 4) is 0 Å². The van der Waals surface area contributed by atoms with Gasteiger partial charge >= 0.3 is 0 Å². The second kappa shape index (κ2) is 4.57. The quantitative estimate of drug-likeness (QED) is 0.484. The highest BCUT2D eigenvalue weighted by molar-refractivity contribution is 5.17. The van der Waals surface area contributed by atoms with E-state index in [1.165, 1.54) is 0 Å². The number of aliphatic hydroxyl groups is 1. The van der Waals surface area contributed by atoms with E-state index in [0.29, 0.717) is 0 Å². The lowest BCUT2D eigenvalue weighted by Crippen LogP contribution is -3.00. The third kappa shape index (κ3) is 2.25. The number of nitrogens with zero attached hydrogens (tertiary/aromatic N) is 1. The molecular formula is C11H16INO. The molecule has 0 spiro atoms. The molecule has 1 heterocycles. The number of hydrogen-bond acceptors (Lipinski definition) is 1. The fourth-order valence-electron chi connectivity index (χ4n) is 2.11. The van der Waals surface area contributed by atoms with Gasteiger partial charge in [0, 0.05) is 11.6 Å². The summed E-state index contributed by atoms with van der Waals surface area (Å²) in [6.45, 7) is 0. The van der Waals surface area contributed by atoms with Crippen molar-refractivity contribution >= 4 is 0 Å². The van der Waals surface area contributed by atoms with Crippen molar-refractivity contribution in [1.29, 1.82) is 0 Å². The molecule has 2 rings (SSSR count). The lowest BCUT2D eigenvalue weighted by molar-refractivity contribution is -0.672. The van der Waals surface area contributed by atoms with Crippen LogP contribution in [-0.4, -0.2) is 5.11 Å². The van der Waals surface area contributed by atoms with Crippen molar-refractivity contribution < 1.29 is 33.7 Å². The summed E-state index contributed by atoms with van der Waals surface area (Å²) in [5.74, 6) is 0. The summed E-state index contributed by atoms with van der Waals surface area (Å²) in [6.07, 6.45) is 8.13. The standard InChI is InChI=1S/C11H16NO.HI/c1-12-8-4-5-10(9-12)11(13)6-2-3-7-11;/h4-5,8-9,13H,2-3,6-7H2,1H3;1H/q+1;/p-1. The summed E-state index contributed by atoms with van der Waals surface area (Å²) < 4.78 is 1.99. The summed E-state index contributed by atoms with van der Waals surface area (Å²) in [5.41, 5.74) is 0.522. The second-order valence-electron chi connectivity index (χ2n) is 4.00. The molecule has 0 amide bonds. The molecule has 1 aliphatic carbocycles. The van der Waals surface area contributed by atoms with Gasteiger partial charge in [0.15, 0.2) is 12.4 Å². The fourth-order valence-corrected chi connectivity index (χ4v) is 2.11. The van der Waals surface area contributed by atoms with Crippen molar-refractivity contribution in [1.82, 2.24) is 0 Å². The van der Waals surface area contributed by atoms with Gasteiger partial charge in [-0.1, -0.05) is 12.8 Å². The van der Waals surface area contributed by atoms with Crippen molar-refractivity contribution in [3.05, 3.63) is 30.1 Å². The van der Waals surface area contributed by atoms with E-state index in [2.05, 4.69) is 0 Å². The molecular weight excluding hydrogens is 289 g/mol. The Hall–Kier alpha value is -0.160. The molecule has 1 aliphatic rings. The van der Waals surface area contributed by atoms with E-state index in [-0.39, 0.29) is 24.0 Å². The molecule has 1 saturated carbocycles. The minimum absolute atomic E-state index is 0. The van der Waals surface area contributed by atoms with Gasteiger partial charge < -0.3 is 29.1 Å². The van der Waals surface area contributed by atoms with Gasteiger partial charge in [-0.3, -0.25) is 0 Å². The van der Waals surface area contributed by atoms with Crippen LogP contribution in [0.4, 0.5) is 0 Å². The summed E-state index contributed by atoms with van der Waals surface area (Å²) >= 11 is 0. The first-order valence-electron chi connectivity index (χ1n) is 4.89. The van der Waals surface area contributed by atoms with Crippen LogP contribution in [0.5, 0.6) is 0 Å². The number of hydrogen-bond donors (Lipinski definition) is 1. The predicted molar refractivity (Wildman–Crippen MR) is 50.0 cm³/mol. The molecule has 2 nitrogen and oxygen atoms in total. The Morgan fingerprint density at radius 1 is 1.36 bits per heavy atom. The maximum Gasteiger partial charge on any atom is 0.174 e. The molecule has 0 unspecified atom stereocenters.